The van der Waals surface area contributed by atoms with Crippen molar-refractivity contribution in [1.29, 1.82) is 0 Å². The Hall–Kier alpha value is -0.610. The number of ether oxygens (including phenoxy) is 1. The van der Waals surface area contributed by atoms with Crippen molar-refractivity contribution in [1.82, 2.24) is 0 Å². The Balaban J connectivity index is 1.62. The number of fused-ring (bicyclic) bond motifs is 5. The fourth-order valence-corrected chi connectivity index (χ4v) is 8.40. The molecular weight excluding hydrogens is 340 g/mol. The van der Waals surface area contributed by atoms with Gasteiger partial charge < -0.3 is 14.9 Å². The van der Waals surface area contributed by atoms with Crippen LogP contribution in [-0.4, -0.2) is 35.5 Å². The van der Waals surface area contributed by atoms with Gasteiger partial charge in [0.25, 0.3) is 0 Å². The maximum absolute atomic E-state index is 12.2. The fourth-order valence-electron chi connectivity index (χ4n) is 8.40. The van der Waals surface area contributed by atoms with Gasteiger partial charge in [0.2, 0.25) is 0 Å². The van der Waals surface area contributed by atoms with Crippen LogP contribution in [0.5, 0.6) is 0 Å². The number of aliphatic hydroxyl groups excluding tert-OH is 2. The van der Waals surface area contributed by atoms with Gasteiger partial charge in [-0.05, 0) is 86.4 Å². The van der Waals surface area contributed by atoms with Gasteiger partial charge in [0, 0.05) is 5.41 Å². The van der Waals surface area contributed by atoms with Crippen molar-refractivity contribution < 1.29 is 19.7 Å². The van der Waals surface area contributed by atoms with Crippen LogP contribution in [0.15, 0.2) is 0 Å². The van der Waals surface area contributed by atoms with Gasteiger partial charge in [-0.15, -0.1) is 0 Å². The molecule has 4 nitrogen and oxygen atoms in total. The first-order valence-corrected chi connectivity index (χ1v) is 11.2. The molecule has 0 aromatic rings. The number of rotatable bonds is 2. The summed E-state index contributed by atoms with van der Waals surface area (Å²) in [5.74, 6) is 2.26. The highest BCUT2D eigenvalue weighted by molar-refractivity contribution is 5.72. The van der Waals surface area contributed by atoms with E-state index in [9.17, 15) is 15.0 Å². The van der Waals surface area contributed by atoms with Gasteiger partial charge in [0.1, 0.15) is 0 Å². The third kappa shape index (κ3) is 2.73. The van der Waals surface area contributed by atoms with Crippen molar-refractivity contribution in [3.05, 3.63) is 0 Å². The largest absolute Gasteiger partial charge is 0.469 e. The Labute approximate surface area is 164 Å². The molecule has 0 amide bonds. The van der Waals surface area contributed by atoms with E-state index in [1.807, 2.05) is 6.92 Å². The fraction of sp³-hybridized carbons (Fsp3) is 0.957. The van der Waals surface area contributed by atoms with Crippen molar-refractivity contribution in [2.45, 2.75) is 84.3 Å². The standard InChI is InChI=1S/C23H38O4/c1-13(21(26)27-4)17-7-8-18-16-6-5-14-11-15(24)9-10-22(14,2)19(16)12-20(25)23(17,18)3/h13-20,24-25H,5-12H2,1-4H3/t13-,14+,15+,16-,17+,18-,19-,20-,22+,23+/m1/s1. The zero-order valence-electron chi connectivity index (χ0n) is 17.5. The van der Waals surface area contributed by atoms with Crippen LogP contribution in [0.3, 0.4) is 0 Å². The molecule has 2 N–H and O–H groups in total. The first-order chi connectivity index (χ1) is 12.7. The summed E-state index contributed by atoms with van der Waals surface area (Å²) < 4.78 is 5.04. The van der Waals surface area contributed by atoms with Crippen molar-refractivity contribution in [2.24, 2.45) is 46.3 Å². The molecule has 4 saturated carbocycles. The quantitative estimate of drug-likeness (QED) is 0.718. The lowest BCUT2D eigenvalue weighted by Gasteiger charge is -2.62. The SMILES string of the molecule is COC(=O)[C@H](C)[C@@H]1CC[C@@H]2[C@H]3CC[C@H]4C[C@@H](O)CC[C@]4(C)[C@@H]3C[C@@H](O)[C@]21C. The van der Waals surface area contributed by atoms with Gasteiger partial charge in [-0.2, -0.15) is 0 Å². The molecule has 154 valence electrons. The van der Waals surface area contributed by atoms with Gasteiger partial charge in [-0.1, -0.05) is 20.8 Å². The number of aliphatic hydroxyl groups is 2. The van der Waals surface area contributed by atoms with E-state index in [4.69, 9.17) is 4.74 Å². The molecule has 4 aliphatic carbocycles. The maximum Gasteiger partial charge on any atom is 0.308 e. The Morgan fingerprint density at radius 3 is 2.48 bits per heavy atom. The summed E-state index contributed by atoms with van der Waals surface area (Å²) in [6, 6.07) is 0. The molecule has 10 atom stereocenters. The van der Waals surface area contributed by atoms with Gasteiger partial charge in [0.15, 0.2) is 0 Å². The number of hydrogen-bond acceptors (Lipinski definition) is 4. The molecule has 0 radical (unpaired) electrons. The van der Waals surface area contributed by atoms with Crippen LogP contribution in [0.4, 0.5) is 0 Å². The zero-order chi connectivity index (χ0) is 19.6. The predicted molar refractivity (Wildman–Crippen MR) is 104 cm³/mol. The van der Waals surface area contributed by atoms with E-state index in [-0.39, 0.29) is 40.8 Å². The molecule has 4 heteroatoms. The molecule has 4 aliphatic rings. The molecule has 0 aromatic carbocycles. The highest BCUT2D eigenvalue weighted by Gasteiger charge is 2.64. The van der Waals surface area contributed by atoms with Crippen LogP contribution < -0.4 is 0 Å². The second-order valence-corrected chi connectivity index (χ2v) is 10.7. The van der Waals surface area contributed by atoms with Crippen LogP contribution >= 0.6 is 0 Å². The normalized spacial score (nSPS) is 53.0. The van der Waals surface area contributed by atoms with Crippen LogP contribution in [0.25, 0.3) is 0 Å². The van der Waals surface area contributed by atoms with E-state index < -0.39 is 0 Å². The van der Waals surface area contributed by atoms with Crippen LogP contribution in [0, 0.1) is 46.3 Å². The molecule has 0 aliphatic heterocycles. The number of methoxy groups -OCH3 is 1. The average molecular weight is 379 g/mol. The molecule has 4 fully saturated rings. The van der Waals surface area contributed by atoms with Gasteiger partial charge in [-0.3, -0.25) is 4.79 Å². The Morgan fingerprint density at radius 2 is 1.78 bits per heavy atom. The minimum Gasteiger partial charge on any atom is -0.469 e. The molecule has 0 spiro atoms. The topological polar surface area (TPSA) is 66.8 Å². The Morgan fingerprint density at radius 1 is 1.04 bits per heavy atom. The van der Waals surface area contributed by atoms with Crippen molar-refractivity contribution in [2.75, 3.05) is 7.11 Å². The van der Waals surface area contributed by atoms with E-state index in [2.05, 4.69) is 13.8 Å². The average Bonchev–Trinajstić information content (AvgIpc) is 3.01. The highest BCUT2D eigenvalue weighted by Crippen LogP contribution is 2.68. The highest BCUT2D eigenvalue weighted by atomic mass is 16.5. The molecule has 0 unspecified atom stereocenters. The minimum atomic E-state index is -0.342. The van der Waals surface area contributed by atoms with Gasteiger partial charge in [0.05, 0.1) is 25.2 Å². The molecule has 0 bridgehead atoms. The van der Waals surface area contributed by atoms with Crippen molar-refractivity contribution in [3.63, 3.8) is 0 Å². The second-order valence-electron chi connectivity index (χ2n) is 10.7. The lowest BCUT2D eigenvalue weighted by Crippen LogP contribution is -2.59. The smallest absolute Gasteiger partial charge is 0.308 e. The number of esters is 1. The first kappa shape index (κ1) is 19.7. The number of hydrogen-bond donors (Lipinski definition) is 2. The summed E-state index contributed by atoms with van der Waals surface area (Å²) in [4.78, 5) is 12.2. The monoisotopic (exact) mass is 378 g/mol. The van der Waals surface area contributed by atoms with E-state index in [0.29, 0.717) is 23.7 Å². The summed E-state index contributed by atoms with van der Waals surface area (Å²) >= 11 is 0. The molecule has 27 heavy (non-hydrogen) atoms. The summed E-state index contributed by atoms with van der Waals surface area (Å²) in [7, 11) is 1.47. The summed E-state index contributed by atoms with van der Waals surface area (Å²) in [6.07, 6.45) is 7.94. The first-order valence-electron chi connectivity index (χ1n) is 11.2. The van der Waals surface area contributed by atoms with Crippen LogP contribution in [0.1, 0.15) is 72.1 Å². The zero-order valence-corrected chi connectivity index (χ0v) is 17.5. The lowest BCUT2D eigenvalue weighted by atomic mass is 9.43. The molecule has 0 heterocycles. The molecule has 4 rings (SSSR count). The summed E-state index contributed by atoms with van der Waals surface area (Å²) in [5, 5.41) is 21.6. The van der Waals surface area contributed by atoms with Gasteiger partial charge >= 0.3 is 5.97 Å². The predicted octanol–water partition coefficient (Wildman–Crippen LogP) is 3.79. The molecule has 0 saturated heterocycles. The second kappa shape index (κ2) is 6.73. The van der Waals surface area contributed by atoms with Crippen LogP contribution in [-0.2, 0) is 9.53 Å². The van der Waals surface area contributed by atoms with Crippen LogP contribution in [0.2, 0.25) is 0 Å². The Kier molecular flexibility index (Phi) is 4.91. The summed E-state index contributed by atoms with van der Waals surface area (Å²) in [6.45, 7) is 6.69. The van der Waals surface area contributed by atoms with Crippen molar-refractivity contribution in [3.8, 4) is 0 Å². The molecule has 0 aromatic heterocycles. The third-order valence-corrected chi connectivity index (χ3v) is 9.99. The third-order valence-electron chi connectivity index (χ3n) is 9.99. The molecular formula is C23H38O4. The van der Waals surface area contributed by atoms with E-state index in [1.54, 1.807) is 0 Å². The van der Waals surface area contributed by atoms with Crippen molar-refractivity contribution >= 4 is 5.97 Å². The van der Waals surface area contributed by atoms with E-state index >= 15 is 0 Å². The van der Waals surface area contributed by atoms with E-state index in [0.717, 1.165) is 38.5 Å². The number of carbonyl (C=O) groups is 1. The van der Waals surface area contributed by atoms with E-state index in [1.165, 1.54) is 20.0 Å². The number of carbonyl (C=O) groups excluding carboxylic acids is 1. The Bertz CT molecular complexity index is 591. The maximum atomic E-state index is 12.2. The minimum absolute atomic E-state index is 0.129. The van der Waals surface area contributed by atoms with Gasteiger partial charge in [-0.25, -0.2) is 0 Å². The summed E-state index contributed by atoms with van der Waals surface area (Å²) in [5.41, 5.74) is 0.0860. The lowest BCUT2D eigenvalue weighted by molar-refractivity contribution is -0.179.